The third-order valence-corrected chi connectivity index (χ3v) is 9.48. The zero-order valence-corrected chi connectivity index (χ0v) is 21.2. The molecule has 0 aliphatic carbocycles. The van der Waals surface area contributed by atoms with E-state index in [4.69, 9.17) is 13.3 Å². The zero-order valence-electron chi connectivity index (χ0n) is 18.6. The van der Waals surface area contributed by atoms with Crippen molar-refractivity contribution in [2.45, 2.75) is 89.9 Å². The van der Waals surface area contributed by atoms with Crippen molar-refractivity contribution < 1.29 is 13.3 Å². The van der Waals surface area contributed by atoms with Crippen molar-refractivity contribution in [3.05, 3.63) is 35.4 Å². The smallest absolute Gasteiger partial charge is 0.373 e. The summed E-state index contributed by atoms with van der Waals surface area (Å²) in [5.41, 5.74) is 2.69. The summed E-state index contributed by atoms with van der Waals surface area (Å²) in [5.74, 6) is 0. The van der Waals surface area contributed by atoms with Crippen LogP contribution in [0.4, 0.5) is 0 Å². The van der Waals surface area contributed by atoms with Crippen LogP contribution < -0.4 is 0 Å². The minimum atomic E-state index is -2.82. The van der Waals surface area contributed by atoms with Crippen molar-refractivity contribution in [2.75, 3.05) is 19.8 Å². The van der Waals surface area contributed by atoms with Crippen LogP contribution in [-0.2, 0) is 13.3 Å². The molecule has 5 heteroatoms. The van der Waals surface area contributed by atoms with Crippen LogP contribution in [0.1, 0.15) is 101 Å². The average Bonchev–Trinajstić information content (AvgIpc) is 2.73. The third-order valence-electron chi connectivity index (χ3n) is 5.09. The molecule has 2 unspecified atom stereocenters. The molecule has 0 radical (unpaired) electrons. The minimum Gasteiger partial charge on any atom is -0.373 e. The highest BCUT2D eigenvalue weighted by Crippen LogP contribution is 2.33. The Kier molecular flexibility index (Phi) is 13.6. The van der Waals surface area contributed by atoms with Gasteiger partial charge in [0.05, 0.1) is 5.54 Å². The summed E-state index contributed by atoms with van der Waals surface area (Å²) in [7, 11) is -2.82. The summed E-state index contributed by atoms with van der Waals surface area (Å²) in [6.07, 6.45) is 7.53. The van der Waals surface area contributed by atoms with Crippen LogP contribution in [0.3, 0.4) is 0 Å². The maximum atomic E-state index is 6.46. The predicted molar refractivity (Wildman–Crippen MR) is 125 cm³/mol. The van der Waals surface area contributed by atoms with E-state index >= 15 is 0 Å². The number of halogens is 1. The largest absolute Gasteiger partial charge is 0.508 e. The van der Waals surface area contributed by atoms with Crippen LogP contribution in [0.15, 0.2) is 24.3 Å². The minimum absolute atomic E-state index is 0.127. The van der Waals surface area contributed by atoms with E-state index in [2.05, 4.69) is 74.8 Å². The highest BCUT2D eigenvalue weighted by molar-refractivity contribution is 9.09. The van der Waals surface area contributed by atoms with Gasteiger partial charge < -0.3 is 13.3 Å². The zero-order chi connectivity index (χ0) is 20.8. The molecule has 162 valence electrons. The normalized spacial score (nSPS) is 14.2. The number of alkyl halides is 1. The summed E-state index contributed by atoms with van der Waals surface area (Å²) in [6.45, 7) is 13.1. The van der Waals surface area contributed by atoms with Crippen LogP contribution in [0.2, 0.25) is 0 Å². The van der Waals surface area contributed by atoms with Gasteiger partial charge in [-0.1, -0.05) is 94.1 Å². The van der Waals surface area contributed by atoms with Crippen molar-refractivity contribution in [2.24, 2.45) is 0 Å². The van der Waals surface area contributed by atoms with Gasteiger partial charge in [0.1, 0.15) is 0 Å². The lowest BCUT2D eigenvalue weighted by atomic mass is 10.1. The van der Waals surface area contributed by atoms with Gasteiger partial charge in [0.25, 0.3) is 0 Å². The van der Waals surface area contributed by atoms with Gasteiger partial charge in [-0.05, 0) is 36.8 Å². The standard InChI is InChI=1S/C23H41BrO3Si/c1-6-10-17-25-28(26-18-11-7-2,27-19-12-8-3)20(5)21-13-15-22(16-14-21)23(24)9-4/h13-16,20,23H,6-12,17-19H2,1-5H3. The number of hydrogen-bond donors (Lipinski definition) is 0. The molecule has 1 aromatic rings. The van der Waals surface area contributed by atoms with E-state index in [9.17, 15) is 0 Å². The number of hydrogen-bond acceptors (Lipinski definition) is 3. The molecule has 0 saturated carbocycles. The Balaban J connectivity index is 3.07. The van der Waals surface area contributed by atoms with Crippen LogP contribution in [0, 0.1) is 0 Å². The van der Waals surface area contributed by atoms with Crippen LogP contribution in [-0.4, -0.2) is 28.6 Å². The van der Waals surface area contributed by atoms with Gasteiger partial charge in [0.15, 0.2) is 0 Å². The highest BCUT2D eigenvalue weighted by Gasteiger charge is 2.48. The number of rotatable bonds is 16. The van der Waals surface area contributed by atoms with Crippen LogP contribution in [0.5, 0.6) is 0 Å². The Hall–Kier alpha value is -0.203. The molecular weight excluding hydrogens is 432 g/mol. The first-order chi connectivity index (χ1) is 13.5. The monoisotopic (exact) mass is 472 g/mol. The van der Waals surface area contributed by atoms with E-state index in [1.165, 1.54) is 11.1 Å². The molecule has 0 aromatic heterocycles. The Morgan fingerprint density at radius 1 is 0.750 bits per heavy atom. The van der Waals surface area contributed by atoms with Gasteiger partial charge in [-0.25, -0.2) is 0 Å². The third kappa shape index (κ3) is 8.27. The number of benzene rings is 1. The lowest BCUT2D eigenvalue weighted by Gasteiger charge is -2.35. The fraction of sp³-hybridized carbons (Fsp3) is 0.739. The first kappa shape index (κ1) is 25.8. The van der Waals surface area contributed by atoms with Crippen molar-refractivity contribution in [3.63, 3.8) is 0 Å². The Bertz CT molecular complexity index is 483. The quantitative estimate of drug-likeness (QED) is 0.141. The molecular formula is C23H41BrO3Si. The van der Waals surface area contributed by atoms with Crippen molar-refractivity contribution in [1.29, 1.82) is 0 Å². The lowest BCUT2D eigenvalue weighted by Crippen LogP contribution is -2.51. The molecule has 1 rings (SSSR count). The topological polar surface area (TPSA) is 27.7 Å². The first-order valence-corrected chi connectivity index (χ1v) is 13.9. The summed E-state index contributed by atoms with van der Waals surface area (Å²) < 4.78 is 19.4. The first-order valence-electron chi connectivity index (χ1n) is 11.2. The molecule has 28 heavy (non-hydrogen) atoms. The molecule has 0 aliphatic heterocycles. The van der Waals surface area contributed by atoms with Crippen LogP contribution in [0.25, 0.3) is 0 Å². The maximum absolute atomic E-state index is 6.46. The second-order valence-electron chi connectivity index (χ2n) is 7.47. The van der Waals surface area contributed by atoms with E-state index in [1.54, 1.807) is 0 Å². The number of unbranched alkanes of at least 4 members (excludes halogenated alkanes) is 3. The van der Waals surface area contributed by atoms with Crippen molar-refractivity contribution in [1.82, 2.24) is 0 Å². The molecule has 1 aromatic carbocycles. The second kappa shape index (κ2) is 14.7. The molecule has 0 fully saturated rings. The summed E-state index contributed by atoms with van der Waals surface area (Å²) in [4.78, 5) is 0.404. The lowest BCUT2D eigenvalue weighted by molar-refractivity contribution is 0.0488. The fourth-order valence-corrected chi connectivity index (χ4v) is 6.20. The fourth-order valence-electron chi connectivity index (χ4n) is 3.01. The molecule has 0 amide bonds. The predicted octanol–water partition coefficient (Wildman–Crippen LogP) is 7.56. The molecule has 3 nitrogen and oxygen atoms in total. The SMILES string of the molecule is CCCCO[Si](OCCCC)(OCCCC)C(C)c1ccc(C(Br)CC)cc1. The average molecular weight is 474 g/mol. The Morgan fingerprint density at radius 3 is 1.50 bits per heavy atom. The van der Waals surface area contributed by atoms with Gasteiger partial charge in [0, 0.05) is 24.6 Å². The molecule has 0 aliphatic rings. The summed E-state index contributed by atoms with van der Waals surface area (Å²) >= 11 is 3.75. The molecule has 0 saturated heterocycles. The van der Waals surface area contributed by atoms with Crippen molar-refractivity contribution >= 4 is 24.7 Å². The Morgan fingerprint density at radius 2 is 1.14 bits per heavy atom. The van der Waals surface area contributed by atoms with E-state index in [0.29, 0.717) is 24.6 Å². The molecule has 0 heterocycles. The summed E-state index contributed by atoms with van der Waals surface area (Å²) in [6, 6.07) is 8.89. The van der Waals surface area contributed by atoms with Crippen LogP contribution >= 0.6 is 15.9 Å². The van der Waals surface area contributed by atoms with Gasteiger partial charge in [-0.3, -0.25) is 0 Å². The van der Waals surface area contributed by atoms with Gasteiger partial charge in [-0.2, -0.15) is 0 Å². The highest BCUT2D eigenvalue weighted by atomic mass is 79.9. The van der Waals surface area contributed by atoms with Crippen molar-refractivity contribution in [3.8, 4) is 0 Å². The molecule has 0 spiro atoms. The maximum Gasteiger partial charge on any atom is 0.508 e. The second-order valence-corrected chi connectivity index (χ2v) is 11.5. The van der Waals surface area contributed by atoms with E-state index in [1.807, 2.05) is 0 Å². The van der Waals surface area contributed by atoms with Gasteiger partial charge in [-0.15, -0.1) is 0 Å². The Labute approximate surface area is 183 Å². The van der Waals surface area contributed by atoms with E-state index in [-0.39, 0.29) is 5.54 Å². The van der Waals surface area contributed by atoms with E-state index < -0.39 is 8.80 Å². The molecule has 0 bridgehead atoms. The van der Waals surface area contributed by atoms with Gasteiger partial charge >= 0.3 is 8.80 Å². The molecule has 0 N–H and O–H groups in total. The molecule has 2 atom stereocenters. The summed E-state index contributed by atoms with van der Waals surface area (Å²) in [5, 5.41) is 0. The van der Waals surface area contributed by atoms with Gasteiger partial charge in [0.2, 0.25) is 0 Å². The van der Waals surface area contributed by atoms with E-state index in [0.717, 1.165) is 44.9 Å².